The Labute approximate surface area is 86.1 Å². The number of nitrogens with zero attached hydrogens (tertiary/aromatic N) is 1. The molecule has 1 heterocycles. The molecule has 0 aromatic heterocycles. The van der Waals surface area contributed by atoms with E-state index in [1.807, 2.05) is 4.90 Å². The number of carbonyl (C=O) groups is 1. The van der Waals surface area contributed by atoms with E-state index in [1.54, 1.807) is 0 Å². The minimum Gasteiger partial charge on any atom is -0.480 e. The molecule has 0 atom stereocenters. The highest BCUT2D eigenvalue weighted by molar-refractivity contribution is 5.69. The molecule has 0 radical (unpaired) electrons. The van der Waals surface area contributed by atoms with E-state index in [-0.39, 0.29) is 6.54 Å². The van der Waals surface area contributed by atoms with Gasteiger partial charge in [-0.1, -0.05) is 26.7 Å². The summed E-state index contributed by atoms with van der Waals surface area (Å²) in [6, 6.07) is 0. The van der Waals surface area contributed by atoms with Gasteiger partial charge in [-0.05, 0) is 31.3 Å². The third-order valence-corrected chi connectivity index (χ3v) is 3.78. The number of hydrogen-bond donors (Lipinski definition) is 1. The summed E-state index contributed by atoms with van der Waals surface area (Å²) in [6.07, 6.45) is 4.77. The van der Waals surface area contributed by atoms with Crippen LogP contribution < -0.4 is 0 Å². The zero-order valence-corrected chi connectivity index (χ0v) is 9.25. The molecule has 0 spiro atoms. The Bertz CT molecular complexity index is 189. The van der Waals surface area contributed by atoms with Crippen molar-refractivity contribution >= 4 is 5.97 Å². The fraction of sp³-hybridized carbons (Fsp3) is 0.909. The molecule has 1 fully saturated rings. The molecule has 3 nitrogen and oxygen atoms in total. The maximum absolute atomic E-state index is 10.5. The average molecular weight is 199 g/mol. The Morgan fingerprint density at radius 1 is 1.29 bits per heavy atom. The molecular weight excluding hydrogens is 178 g/mol. The summed E-state index contributed by atoms with van der Waals surface area (Å²) in [7, 11) is 0. The van der Waals surface area contributed by atoms with Gasteiger partial charge in [0, 0.05) is 0 Å². The van der Waals surface area contributed by atoms with Gasteiger partial charge in [-0.2, -0.15) is 0 Å². The Hall–Kier alpha value is -0.570. The minimum atomic E-state index is -0.703. The Kier molecular flexibility index (Phi) is 3.93. The number of aliphatic carboxylic acids is 1. The summed E-state index contributed by atoms with van der Waals surface area (Å²) in [5.74, 6) is -0.703. The molecule has 82 valence electrons. The summed E-state index contributed by atoms with van der Waals surface area (Å²) in [4.78, 5) is 12.6. The van der Waals surface area contributed by atoms with Crippen LogP contribution in [0.4, 0.5) is 0 Å². The molecule has 1 aliphatic rings. The SMILES string of the molecule is CCC1(CC)CCN(CC(=O)O)CC1. The third kappa shape index (κ3) is 2.71. The van der Waals surface area contributed by atoms with Crippen LogP contribution in [0.2, 0.25) is 0 Å². The van der Waals surface area contributed by atoms with Crippen LogP contribution in [0.3, 0.4) is 0 Å². The molecule has 0 saturated carbocycles. The first-order valence-corrected chi connectivity index (χ1v) is 5.56. The summed E-state index contributed by atoms with van der Waals surface area (Å²) in [5, 5.41) is 8.67. The number of rotatable bonds is 4. The highest BCUT2D eigenvalue weighted by Crippen LogP contribution is 2.37. The second-order valence-electron chi connectivity index (χ2n) is 4.38. The summed E-state index contributed by atoms with van der Waals surface area (Å²) in [5.41, 5.74) is 0.495. The van der Waals surface area contributed by atoms with Gasteiger partial charge in [-0.25, -0.2) is 0 Å². The molecule has 1 saturated heterocycles. The van der Waals surface area contributed by atoms with E-state index in [2.05, 4.69) is 13.8 Å². The van der Waals surface area contributed by atoms with Crippen LogP contribution in [0.15, 0.2) is 0 Å². The van der Waals surface area contributed by atoms with E-state index < -0.39 is 5.97 Å². The van der Waals surface area contributed by atoms with Crippen LogP contribution in [0.25, 0.3) is 0 Å². The van der Waals surface area contributed by atoms with Crippen molar-refractivity contribution < 1.29 is 9.90 Å². The largest absolute Gasteiger partial charge is 0.480 e. The molecule has 0 aliphatic carbocycles. The third-order valence-electron chi connectivity index (χ3n) is 3.78. The number of carboxylic acids is 1. The molecule has 3 heteroatoms. The molecule has 1 aliphatic heterocycles. The van der Waals surface area contributed by atoms with Gasteiger partial charge in [0.1, 0.15) is 0 Å². The van der Waals surface area contributed by atoms with Crippen molar-refractivity contribution in [2.75, 3.05) is 19.6 Å². The molecule has 1 N–H and O–H groups in total. The van der Waals surface area contributed by atoms with Crippen molar-refractivity contribution in [3.8, 4) is 0 Å². The zero-order chi connectivity index (χ0) is 10.6. The molecular formula is C11H21NO2. The lowest BCUT2D eigenvalue weighted by molar-refractivity contribution is -0.139. The molecule has 14 heavy (non-hydrogen) atoms. The molecule has 0 amide bonds. The number of hydrogen-bond acceptors (Lipinski definition) is 2. The van der Waals surface area contributed by atoms with Crippen molar-refractivity contribution in [3.05, 3.63) is 0 Å². The molecule has 0 unspecified atom stereocenters. The van der Waals surface area contributed by atoms with Crippen molar-refractivity contribution in [3.63, 3.8) is 0 Å². The van der Waals surface area contributed by atoms with Gasteiger partial charge >= 0.3 is 5.97 Å². The monoisotopic (exact) mass is 199 g/mol. The van der Waals surface area contributed by atoms with Crippen LogP contribution in [0.5, 0.6) is 0 Å². The van der Waals surface area contributed by atoms with E-state index in [4.69, 9.17) is 5.11 Å². The summed E-state index contributed by atoms with van der Waals surface area (Å²) < 4.78 is 0. The zero-order valence-electron chi connectivity index (χ0n) is 9.25. The van der Waals surface area contributed by atoms with Gasteiger partial charge < -0.3 is 5.11 Å². The van der Waals surface area contributed by atoms with Crippen molar-refractivity contribution in [1.29, 1.82) is 0 Å². The Morgan fingerprint density at radius 2 is 1.79 bits per heavy atom. The predicted molar refractivity (Wildman–Crippen MR) is 56.3 cm³/mol. The standard InChI is InChI=1S/C11H21NO2/c1-3-11(4-2)5-7-12(8-6-11)9-10(13)14/h3-9H2,1-2H3,(H,13,14). The lowest BCUT2D eigenvalue weighted by atomic mass is 9.74. The van der Waals surface area contributed by atoms with E-state index in [0.29, 0.717) is 5.41 Å². The normalized spacial score (nSPS) is 22.1. The first-order valence-electron chi connectivity index (χ1n) is 5.56. The van der Waals surface area contributed by atoms with Crippen LogP contribution in [0, 0.1) is 5.41 Å². The van der Waals surface area contributed by atoms with E-state index in [1.165, 1.54) is 12.8 Å². The molecule has 1 rings (SSSR count). The van der Waals surface area contributed by atoms with Gasteiger partial charge in [0.05, 0.1) is 6.54 Å². The number of piperidine rings is 1. The first kappa shape index (κ1) is 11.5. The molecule has 0 aromatic carbocycles. The maximum atomic E-state index is 10.5. The fourth-order valence-corrected chi connectivity index (χ4v) is 2.33. The van der Waals surface area contributed by atoms with Crippen LogP contribution >= 0.6 is 0 Å². The van der Waals surface area contributed by atoms with Gasteiger partial charge in [-0.3, -0.25) is 9.69 Å². The van der Waals surface area contributed by atoms with E-state index >= 15 is 0 Å². The van der Waals surface area contributed by atoms with Crippen LogP contribution in [-0.4, -0.2) is 35.6 Å². The molecule has 0 bridgehead atoms. The number of likely N-dealkylation sites (tertiary alicyclic amines) is 1. The molecule has 0 aromatic rings. The fourth-order valence-electron chi connectivity index (χ4n) is 2.33. The summed E-state index contributed by atoms with van der Waals surface area (Å²) in [6.45, 7) is 6.61. The average Bonchev–Trinajstić information content (AvgIpc) is 2.19. The quantitative estimate of drug-likeness (QED) is 0.752. The van der Waals surface area contributed by atoms with Crippen molar-refractivity contribution in [2.45, 2.75) is 39.5 Å². The van der Waals surface area contributed by atoms with E-state index in [0.717, 1.165) is 25.9 Å². The lowest BCUT2D eigenvalue weighted by Gasteiger charge is -2.40. The second-order valence-corrected chi connectivity index (χ2v) is 4.38. The summed E-state index contributed by atoms with van der Waals surface area (Å²) >= 11 is 0. The van der Waals surface area contributed by atoms with Crippen molar-refractivity contribution in [2.24, 2.45) is 5.41 Å². The number of carboxylic acid groups (broad SMARTS) is 1. The van der Waals surface area contributed by atoms with Gasteiger partial charge in [0.25, 0.3) is 0 Å². The highest BCUT2D eigenvalue weighted by Gasteiger charge is 2.31. The van der Waals surface area contributed by atoms with Gasteiger partial charge in [0.2, 0.25) is 0 Å². The Balaban J connectivity index is 2.40. The van der Waals surface area contributed by atoms with E-state index in [9.17, 15) is 4.79 Å². The highest BCUT2D eigenvalue weighted by atomic mass is 16.4. The van der Waals surface area contributed by atoms with Gasteiger partial charge in [0.15, 0.2) is 0 Å². The maximum Gasteiger partial charge on any atom is 0.317 e. The predicted octanol–water partition coefficient (Wildman–Crippen LogP) is 1.97. The lowest BCUT2D eigenvalue weighted by Crippen LogP contribution is -2.41. The van der Waals surface area contributed by atoms with Gasteiger partial charge in [-0.15, -0.1) is 0 Å². The van der Waals surface area contributed by atoms with Crippen LogP contribution in [0.1, 0.15) is 39.5 Å². The smallest absolute Gasteiger partial charge is 0.317 e. The van der Waals surface area contributed by atoms with Crippen LogP contribution in [-0.2, 0) is 4.79 Å². The first-order chi connectivity index (χ1) is 6.62. The second kappa shape index (κ2) is 4.78. The Morgan fingerprint density at radius 3 is 2.14 bits per heavy atom. The minimum absolute atomic E-state index is 0.212. The topological polar surface area (TPSA) is 40.5 Å². The van der Waals surface area contributed by atoms with Crippen molar-refractivity contribution in [1.82, 2.24) is 4.90 Å².